The van der Waals surface area contributed by atoms with Gasteiger partial charge in [0.15, 0.2) is 5.76 Å². The van der Waals surface area contributed by atoms with E-state index in [4.69, 9.17) is 9.15 Å². The first kappa shape index (κ1) is 16.4. The van der Waals surface area contributed by atoms with Gasteiger partial charge in [0, 0.05) is 21.9 Å². The minimum absolute atomic E-state index is 0.289. The number of thiophene rings is 1. The molecule has 0 bridgehead atoms. The van der Waals surface area contributed by atoms with E-state index in [0.717, 1.165) is 21.6 Å². The van der Waals surface area contributed by atoms with Crippen LogP contribution in [-0.2, 0) is 6.54 Å². The van der Waals surface area contributed by atoms with E-state index in [9.17, 15) is 4.79 Å². The zero-order valence-corrected chi connectivity index (χ0v) is 15.2. The second kappa shape index (κ2) is 6.68. The topological polar surface area (TPSA) is 69.3 Å². The SMILES string of the molecule is COc1ccc2oc(C(=O)Nc3ccnn3Cc3cccs3)c(C)c2c1. The second-order valence-corrected chi connectivity index (χ2v) is 6.86. The number of ether oxygens (including phenoxy) is 1. The molecular formula is C19H17N3O3S. The lowest BCUT2D eigenvalue weighted by atomic mass is 10.1. The number of nitrogens with one attached hydrogen (secondary N) is 1. The Morgan fingerprint density at radius 3 is 3.00 bits per heavy atom. The largest absolute Gasteiger partial charge is 0.497 e. The molecule has 6 nitrogen and oxygen atoms in total. The number of aromatic nitrogens is 2. The maximum Gasteiger partial charge on any atom is 0.292 e. The van der Waals surface area contributed by atoms with Crippen LogP contribution in [-0.4, -0.2) is 22.8 Å². The van der Waals surface area contributed by atoms with Gasteiger partial charge in [-0.15, -0.1) is 11.3 Å². The molecule has 0 aliphatic carbocycles. The van der Waals surface area contributed by atoms with Gasteiger partial charge in [-0.1, -0.05) is 6.07 Å². The predicted molar refractivity (Wildman–Crippen MR) is 101 cm³/mol. The number of carbonyl (C=O) groups excluding carboxylic acids is 1. The molecule has 3 heterocycles. The van der Waals surface area contributed by atoms with Gasteiger partial charge in [0.1, 0.15) is 17.2 Å². The molecule has 1 aromatic carbocycles. The highest BCUT2D eigenvalue weighted by molar-refractivity contribution is 7.09. The summed E-state index contributed by atoms with van der Waals surface area (Å²) < 4.78 is 12.8. The van der Waals surface area contributed by atoms with E-state index in [1.807, 2.05) is 36.6 Å². The van der Waals surface area contributed by atoms with Crippen LogP contribution in [0.25, 0.3) is 11.0 Å². The summed E-state index contributed by atoms with van der Waals surface area (Å²) >= 11 is 1.65. The molecule has 3 aromatic heterocycles. The molecule has 0 fully saturated rings. The van der Waals surface area contributed by atoms with E-state index in [1.54, 1.807) is 41.5 Å². The standard InChI is InChI=1S/C19H17N3O3S/c1-12-15-10-13(24-2)5-6-16(15)25-18(12)19(23)21-17-7-8-20-22(17)11-14-4-3-9-26-14/h3-10H,11H2,1-2H3,(H,21,23). The molecule has 26 heavy (non-hydrogen) atoms. The van der Waals surface area contributed by atoms with Gasteiger partial charge in [-0.2, -0.15) is 5.10 Å². The monoisotopic (exact) mass is 367 g/mol. The number of carbonyl (C=O) groups is 1. The molecule has 1 N–H and O–H groups in total. The van der Waals surface area contributed by atoms with E-state index in [1.165, 1.54) is 0 Å². The fraction of sp³-hybridized carbons (Fsp3) is 0.158. The number of furan rings is 1. The molecule has 0 saturated carbocycles. The van der Waals surface area contributed by atoms with Crippen LogP contribution >= 0.6 is 11.3 Å². The van der Waals surface area contributed by atoms with Crippen molar-refractivity contribution in [1.82, 2.24) is 9.78 Å². The van der Waals surface area contributed by atoms with Gasteiger partial charge in [0.05, 0.1) is 19.9 Å². The summed E-state index contributed by atoms with van der Waals surface area (Å²) in [4.78, 5) is 13.9. The molecule has 0 aliphatic heterocycles. The van der Waals surface area contributed by atoms with E-state index in [2.05, 4.69) is 10.4 Å². The molecule has 132 valence electrons. The summed E-state index contributed by atoms with van der Waals surface area (Å²) in [5.74, 6) is 1.34. The molecule has 0 spiro atoms. The van der Waals surface area contributed by atoms with Crippen LogP contribution in [0, 0.1) is 6.92 Å². The first-order valence-electron chi connectivity index (χ1n) is 8.08. The molecule has 4 rings (SSSR count). The number of fused-ring (bicyclic) bond motifs is 1. The lowest BCUT2D eigenvalue weighted by molar-refractivity contribution is 0.0997. The Hall–Kier alpha value is -3.06. The maximum absolute atomic E-state index is 12.7. The number of amides is 1. The summed E-state index contributed by atoms with van der Waals surface area (Å²) in [7, 11) is 1.61. The normalized spacial score (nSPS) is 11.0. The number of benzene rings is 1. The van der Waals surface area contributed by atoms with Crippen LogP contribution < -0.4 is 10.1 Å². The van der Waals surface area contributed by atoms with Crippen molar-refractivity contribution in [2.45, 2.75) is 13.5 Å². The molecule has 1 amide bonds. The van der Waals surface area contributed by atoms with Gasteiger partial charge < -0.3 is 14.5 Å². The number of rotatable bonds is 5. The third-order valence-electron chi connectivity index (χ3n) is 4.19. The summed E-state index contributed by atoms with van der Waals surface area (Å²) in [5, 5.41) is 10.1. The fourth-order valence-corrected chi connectivity index (χ4v) is 3.52. The van der Waals surface area contributed by atoms with Gasteiger partial charge >= 0.3 is 0 Å². The van der Waals surface area contributed by atoms with Crippen LogP contribution in [0.15, 0.2) is 52.4 Å². The minimum atomic E-state index is -0.300. The first-order chi connectivity index (χ1) is 12.7. The Balaban J connectivity index is 1.60. The van der Waals surface area contributed by atoms with Crippen molar-refractivity contribution in [2.24, 2.45) is 0 Å². The van der Waals surface area contributed by atoms with Crippen LogP contribution in [0.2, 0.25) is 0 Å². The van der Waals surface area contributed by atoms with E-state index >= 15 is 0 Å². The second-order valence-electron chi connectivity index (χ2n) is 5.83. The van der Waals surface area contributed by atoms with E-state index in [-0.39, 0.29) is 11.7 Å². The van der Waals surface area contributed by atoms with Gasteiger partial charge in [0.2, 0.25) is 0 Å². The van der Waals surface area contributed by atoms with Crippen molar-refractivity contribution in [2.75, 3.05) is 12.4 Å². The Morgan fingerprint density at radius 2 is 2.23 bits per heavy atom. The number of aryl methyl sites for hydroxylation is 1. The Morgan fingerprint density at radius 1 is 1.35 bits per heavy atom. The fourth-order valence-electron chi connectivity index (χ4n) is 2.83. The van der Waals surface area contributed by atoms with Crippen molar-refractivity contribution in [3.8, 4) is 5.75 Å². The molecule has 4 aromatic rings. The van der Waals surface area contributed by atoms with Crippen molar-refractivity contribution in [3.05, 3.63) is 64.2 Å². The molecule has 0 aliphatic rings. The first-order valence-corrected chi connectivity index (χ1v) is 8.96. The van der Waals surface area contributed by atoms with Crippen molar-refractivity contribution >= 4 is 34.0 Å². The highest BCUT2D eigenvalue weighted by atomic mass is 32.1. The average molecular weight is 367 g/mol. The molecule has 0 unspecified atom stereocenters. The van der Waals surface area contributed by atoms with Gasteiger partial charge in [-0.05, 0) is 36.6 Å². The number of hydrogen-bond acceptors (Lipinski definition) is 5. The summed E-state index contributed by atoms with van der Waals surface area (Å²) in [6.07, 6.45) is 1.67. The van der Waals surface area contributed by atoms with E-state index in [0.29, 0.717) is 17.9 Å². The van der Waals surface area contributed by atoms with Crippen molar-refractivity contribution in [3.63, 3.8) is 0 Å². The molecule has 0 saturated heterocycles. The van der Waals surface area contributed by atoms with Crippen LogP contribution in [0.3, 0.4) is 0 Å². The quantitative estimate of drug-likeness (QED) is 0.571. The zero-order valence-electron chi connectivity index (χ0n) is 14.4. The van der Waals surface area contributed by atoms with E-state index < -0.39 is 0 Å². The van der Waals surface area contributed by atoms with Crippen LogP contribution in [0.5, 0.6) is 5.75 Å². The molecule has 7 heteroatoms. The lowest BCUT2D eigenvalue weighted by Gasteiger charge is -2.07. The maximum atomic E-state index is 12.7. The zero-order chi connectivity index (χ0) is 18.1. The Kier molecular flexibility index (Phi) is 4.22. The molecule has 0 radical (unpaired) electrons. The third kappa shape index (κ3) is 2.97. The third-order valence-corrected chi connectivity index (χ3v) is 5.05. The summed E-state index contributed by atoms with van der Waals surface area (Å²) in [5.41, 5.74) is 1.43. The number of hydrogen-bond donors (Lipinski definition) is 1. The lowest BCUT2D eigenvalue weighted by Crippen LogP contribution is -2.16. The molecular weight excluding hydrogens is 350 g/mol. The average Bonchev–Trinajstić information content (AvgIpc) is 3.37. The minimum Gasteiger partial charge on any atom is -0.497 e. The Bertz CT molecular complexity index is 1060. The van der Waals surface area contributed by atoms with Gasteiger partial charge in [-0.3, -0.25) is 4.79 Å². The number of methoxy groups -OCH3 is 1. The Labute approximate surface area is 154 Å². The van der Waals surface area contributed by atoms with Gasteiger partial charge in [-0.25, -0.2) is 4.68 Å². The summed E-state index contributed by atoms with van der Waals surface area (Å²) in [6, 6.07) is 11.3. The van der Waals surface area contributed by atoms with Gasteiger partial charge in [0.25, 0.3) is 5.91 Å². The summed E-state index contributed by atoms with van der Waals surface area (Å²) in [6.45, 7) is 2.47. The predicted octanol–water partition coefficient (Wildman–Crippen LogP) is 4.31. The van der Waals surface area contributed by atoms with Crippen molar-refractivity contribution < 1.29 is 13.9 Å². The van der Waals surface area contributed by atoms with Crippen LogP contribution in [0.1, 0.15) is 21.0 Å². The van der Waals surface area contributed by atoms with Crippen molar-refractivity contribution in [1.29, 1.82) is 0 Å². The molecule has 0 atom stereocenters. The highest BCUT2D eigenvalue weighted by Gasteiger charge is 2.19. The van der Waals surface area contributed by atoms with Crippen LogP contribution in [0.4, 0.5) is 5.82 Å². The number of anilines is 1. The highest BCUT2D eigenvalue weighted by Crippen LogP contribution is 2.29. The smallest absolute Gasteiger partial charge is 0.292 e. The number of nitrogens with zero attached hydrogens (tertiary/aromatic N) is 2.